The van der Waals surface area contributed by atoms with Crippen LogP contribution in [0.4, 0.5) is 0 Å². The zero-order valence-electron chi connectivity index (χ0n) is 27.6. The van der Waals surface area contributed by atoms with Gasteiger partial charge in [0, 0.05) is 32.0 Å². The van der Waals surface area contributed by atoms with Crippen LogP contribution in [0.1, 0.15) is 19.8 Å². The second-order valence-electron chi connectivity index (χ2n) is 11.4. The van der Waals surface area contributed by atoms with E-state index in [1.807, 2.05) is 6.92 Å². The summed E-state index contributed by atoms with van der Waals surface area (Å²) in [6.07, 6.45) is -8.81. The maximum absolute atomic E-state index is 11.8. The zero-order chi connectivity index (χ0) is 35.5. The van der Waals surface area contributed by atoms with E-state index < -0.39 is 54.7 Å². The Bertz CT molecular complexity index is 730. The Morgan fingerprint density at radius 3 is 1.40 bits per heavy atom. The van der Waals surface area contributed by atoms with Gasteiger partial charge in [-0.25, -0.2) is 0 Å². The highest BCUT2D eigenvalue weighted by Crippen LogP contribution is 2.04. The number of amides is 1. The number of hydrogen-bond acceptors (Lipinski definition) is 17. The molecule has 0 aliphatic heterocycles. The summed E-state index contributed by atoms with van der Waals surface area (Å²) >= 11 is 0. The van der Waals surface area contributed by atoms with Crippen LogP contribution >= 0.6 is 0 Å². The van der Waals surface area contributed by atoms with Crippen molar-refractivity contribution in [2.75, 3.05) is 106 Å². The lowest BCUT2D eigenvalue weighted by molar-refractivity contribution is -0.124. The summed E-state index contributed by atoms with van der Waals surface area (Å²) in [4.78, 5) is 11.8. The summed E-state index contributed by atoms with van der Waals surface area (Å²) in [6.45, 7) is 1.86. The predicted molar refractivity (Wildman–Crippen MR) is 165 cm³/mol. The molecular weight excluding hydrogens is 632 g/mol. The zero-order valence-corrected chi connectivity index (χ0v) is 27.6. The van der Waals surface area contributed by atoms with Crippen molar-refractivity contribution in [1.29, 1.82) is 0 Å². The molecule has 18 heteroatoms. The molecule has 0 saturated heterocycles. The van der Waals surface area contributed by atoms with Crippen molar-refractivity contribution in [3.63, 3.8) is 0 Å². The quantitative estimate of drug-likeness (QED) is 0.0287. The lowest BCUT2D eigenvalue weighted by Crippen LogP contribution is -2.45. The van der Waals surface area contributed by atoms with E-state index in [2.05, 4.69) is 10.6 Å². The molecule has 0 saturated carbocycles. The van der Waals surface area contributed by atoms with Gasteiger partial charge in [-0.15, -0.1) is 0 Å². The molecule has 9 atom stereocenters. The molecule has 18 nitrogen and oxygen atoms in total. The van der Waals surface area contributed by atoms with Crippen LogP contribution in [0, 0.1) is 5.92 Å². The molecule has 0 spiro atoms. The van der Waals surface area contributed by atoms with Crippen molar-refractivity contribution in [3.8, 4) is 0 Å². The van der Waals surface area contributed by atoms with Crippen LogP contribution in [0.3, 0.4) is 0 Å². The summed E-state index contributed by atoms with van der Waals surface area (Å²) in [5, 5.41) is 92.2. The van der Waals surface area contributed by atoms with Crippen LogP contribution in [0.25, 0.3) is 0 Å². The van der Waals surface area contributed by atoms with E-state index >= 15 is 0 Å². The van der Waals surface area contributed by atoms with Gasteiger partial charge in [-0.05, 0) is 13.5 Å². The van der Waals surface area contributed by atoms with Gasteiger partial charge in [0.25, 0.3) is 0 Å². The van der Waals surface area contributed by atoms with E-state index in [-0.39, 0.29) is 105 Å². The van der Waals surface area contributed by atoms with Gasteiger partial charge in [0.1, 0.15) is 30.5 Å². The average molecular weight is 693 g/mol. The van der Waals surface area contributed by atoms with Crippen LogP contribution in [0.2, 0.25) is 0 Å². The summed E-state index contributed by atoms with van der Waals surface area (Å²) in [5.41, 5.74) is 0. The van der Waals surface area contributed by atoms with Gasteiger partial charge in [0.2, 0.25) is 5.91 Å². The Kier molecular flexibility index (Phi) is 29.0. The number of aliphatic hydroxyl groups excluding tert-OH is 9. The van der Waals surface area contributed by atoms with Crippen LogP contribution in [-0.2, 0) is 33.2 Å². The lowest BCUT2D eigenvalue weighted by atomic mass is 10.1. The highest BCUT2D eigenvalue weighted by molar-refractivity contribution is 5.75. The first-order valence-corrected chi connectivity index (χ1v) is 15.8. The Balaban J connectivity index is 3.76. The number of hydrogen-bond donors (Lipinski definition) is 11. The molecule has 0 fully saturated rings. The molecule has 47 heavy (non-hydrogen) atoms. The molecule has 282 valence electrons. The van der Waals surface area contributed by atoms with E-state index in [9.17, 15) is 45.6 Å². The van der Waals surface area contributed by atoms with Crippen molar-refractivity contribution in [1.82, 2.24) is 10.6 Å². The fraction of sp³-hybridized carbons (Fsp3) is 0.966. The van der Waals surface area contributed by atoms with E-state index in [1.54, 1.807) is 7.05 Å². The molecule has 0 radical (unpaired) electrons. The van der Waals surface area contributed by atoms with Crippen molar-refractivity contribution in [2.24, 2.45) is 5.92 Å². The van der Waals surface area contributed by atoms with Crippen molar-refractivity contribution in [2.45, 2.75) is 68.6 Å². The van der Waals surface area contributed by atoms with Crippen molar-refractivity contribution < 1.29 is 79.2 Å². The number of nitrogens with one attached hydrogen (secondary N) is 2. The summed E-state index contributed by atoms with van der Waals surface area (Å²) in [6, 6.07) is 0. The molecule has 1 amide bonds. The highest BCUT2D eigenvalue weighted by atomic mass is 16.5. The van der Waals surface area contributed by atoms with Gasteiger partial charge in [-0.2, -0.15) is 0 Å². The average Bonchev–Trinajstić information content (AvgIpc) is 3.01. The summed E-state index contributed by atoms with van der Waals surface area (Å²) < 4.78 is 31.9. The number of carbonyl (C=O) groups excluding carboxylic acids is 1. The lowest BCUT2D eigenvalue weighted by Gasteiger charge is -2.22. The van der Waals surface area contributed by atoms with Crippen molar-refractivity contribution >= 4 is 5.91 Å². The van der Waals surface area contributed by atoms with Gasteiger partial charge in [0.15, 0.2) is 0 Å². The Hall–Kier alpha value is -1.17. The second-order valence-corrected chi connectivity index (χ2v) is 11.4. The Labute approximate surface area is 276 Å². The SMILES string of the molecule is CNCC(O)COCC(O)COCC(O)COCC(C)COCC(O)COCC(O)COCCC(=O)NC[C@H](O)[C@@H](O)[C@H](O)CCO. The minimum atomic E-state index is -1.52. The van der Waals surface area contributed by atoms with Gasteiger partial charge >= 0.3 is 0 Å². The highest BCUT2D eigenvalue weighted by Gasteiger charge is 2.24. The molecule has 0 aromatic rings. The third-order valence-electron chi connectivity index (χ3n) is 6.23. The maximum atomic E-state index is 11.8. The number of aliphatic hydroxyl groups is 9. The predicted octanol–water partition coefficient (Wildman–Crippen LogP) is -5.28. The Morgan fingerprint density at radius 1 is 0.574 bits per heavy atom. The molecular formula is C29H60N2O16. The third kappa shape index (κ3) is 27.4. The van der Waals surface area contributed by atoms with Crippen LogP contribution in [0.5, 0.6) is 0 Å². The minimum absolute atomic E-state index is 0.00248. The van der Waals surface area contributed by atoms with Gasteiger partial charge < -0.3 is 85.0 Å². The topological polar surface area (TPSA) is 279 Å². The maximum Gasteiger partial charge on any atom is 0.222 e. The van der Waals surface area contributed by atoms with Gasteiger partial charge in [-0.1, -0.05) is 6.92 Å². The van der Waals surface area contributed by atoms with E-state index in [1.165, 1.54) is 0 Å². The first-order valence-electron chi connectivity index (χ1n) is 15.8. The van der Waals surface area contributed by atoms with E-state index in [0.717, 1.165) is 0 Å². The molecule has 0 aliphatic carbocycles. The van der Waals surface area contributed by atoms with Crippen LogP contribution in [-0.4, -0.2) is 207 Å². The number of likely N-dealkylation sites (N-methyl/N-ethyl adjacent to an activating group) is 1. The Morgan fingerprint density at radius 2 is 0.979 bits per heavy atom. The molecule has 0 aromatic heterocycles. The molecule has 0 heterocycles. The van der Waals surface area contributed by atoms with E-state index in [0.29, 0.717) is 13.2 Å². The van der Waals surface area contributed by atoms with Crippen LogP contribution in [0.15, 0.2) is 0 Å². The normalized spacial score (nSPS) is 17.8. The third-order valence-corrected chi connectivity index (χ3v) is 6.23. The molecule has 11 N–H and O–H groups in total. The molecule has 0 aliphatic rings. The van der Waals surface area contributed by atoms with Gasteiger partial charge in [0.05, 0.1) is 97.6 Å². The molecule has 0 aromatic carbocycles. The largest absolute Gasteiger partial charge is 0.396 e. The summed E-state index contributed by atoms with van der Waals surface area (Å²) in [7, 11) is 1.71. The fourth-order valence-electron chi connectivity index (χ4n) is 3.74. The van der Waals surface area contributed by atoms with Crippen molar-refractivity contribution in [3.05, 3.63) is 0 Å². The summed E-state index contributed by atoms with van der Waals surface area (Å²) in [5.74, 6) is -0.504. The minimum Gasteiger partial charge on any atom is -0.396 e. The number of rotatable bonds is 33. The number of ether oxygens (including phenoxy) is 6. The molecule has 6 unspecified atom stereocenters. The van der Waals surface area contributed by atoms with E-state index in [4.69, 9.17) is 33.5 Å². The van der Waals surface area contributed by atoms with Gasteiger partial charge in [-0.3, -0.25) is 4.79 Å². The second kappa shape index (κ2) is 29.7. The smallest absolute Gasteiger partial charge is 0.222 e. The standard InChI is InChI=1S/C29H60N2O16/c1-20(10-44-14-24(36)18-47-19-25(37)16-45-11-21(33)7-30-2)9-43-13-23(35)17-46-15-22(34)12-42-6-4-28(40)31-8-27(39)29(41)26(38)3-5-32/h20-27,29-30,32-39,41H,3-19H2,1-2H3,(H,31,40)/t20?,21?,22?,23?,24?,25?,26-,27+,29+/m1/s1. The first kappa shape index (κ1) is 45.8. The first-order chi connectivity index (χ1) is 22.4. The number of carbonyl (C=O) groups is 1. The fourth-order valence-corrected chi connectivity index (χ4v) is 3.74. The monoisotopic (exact) mass is 692 g/mol. The molecule has 0 rings (SSSR count). The van der Waals surface area contributed by atoms with Crippen LogP contribution < -0.4 is 10.6 Å². The molecule has 0 bridgehead atoms.